The first kappa shape index (κ1) is 20.2. The Kier molecular flexibility index (Phi) is 6.57. The van der Waals surface area contributed by atoms with Gasteiger partial charge in [0.2, 0.25) is 5.91 Å². The number of hydrogen-bond acceptors (Lipinski definition) is 5. The number of amides is 1. The van der Waals surface area contributed by atoms with E-state index in [1.165, 1.54) is 11.8 Å². The van der Waals surface area contributed by atoms with Crippen molar-refractivity contribution in [2.24, 2.45) is 5.92 Å². The molecule has 6 nitrogen and oxygen atoms in total. The number of nitrogens with one attached hydrogen (secondary N) is 1. The molecule has 1 aromatic carbocycles. The van der Waals surface area contributed by atoms with Gasteiger partial charge in [-0.15, -0.1) is 10.2 Å². The van der Waals surface area contributed by atoms with E-state index in [4.69, 9.17) is 4.42 Å². The van der Waals surface area contributed by atoms with Crippen LogP contribution >= 0.6 is 11.8 Å². The minimum absolute atomic E-state index is 0.00384. The van der Waals surface area contributed by atoms with Crippen molar-refractivity contribution in [3.8, 4) is 11.4 Å². The van der Waals surface area contributed by atoms with Gasteiger partial charge in [-0.05, 0) is 38.0 Å². The first-order chi connectivity index (χ1) is 13.4. The quantitative estimate of drug-likeness (QED) is 0.577. The molecule has 0 saturated carbocycles. The van der Waals surface area contributed by atoms with Crippen LogP contribution in [0.1, 0.15) is 32.1 Å². The molecule has 28 heavy (non-hydrogen) atoms. The van der Waals surface area contributed by atoms with Gasteiger partial charge in [0, 0.05) is 11.6 Å². The Morgan fingerprint density at radius 1 is 1.21 bits per heavy atom. The SMILES string of the molecule is Cc1cccc(-c2nnc(SCC(=O)NC(C)C(C)C)n2Cc2ccco2)c1. The molecule has 1 unspecified atom stereocenters. The highest BCUT2D eigenvalue weighted by atomic mass is 32.2. The zero-order chi connectivity index (χ0) is 20.1. The van der Waals surface area contributed by atoms with Crippen LogP contribution < -0.4 is 5.32 Å². The van der Waals surface area contributed by atoms with Crippen molar-refractivity contribution in [1.82, 2.24) is 20.1 Å². The average molecular weight is 399 g/mol. The minimum Gasteiger partial charge on any atom is -0.467 e. The second kappa shape index (κ2) is 9.10. The van der Waals surface area contributed by atoms with Crippen LogP contribution in [0.25, 0.3) is 11.4 Å². The first-order valence-electron chi connectivity index (χ1n) is 9.39. The van der Waals surface area contributed by atoms with Gasteiger partial charge in [0.05, 0.1) is 18.6 Å². The van der Waals surface area contributed by atoms with Gasteiger partial charge in [-0.25, -0.2) is 0 Å². The fraction of sp³-hybridized carbons (Fsp3) is 0.381. The van der Waals surface area contributed by atoms with Gasteiger partial charge in [0.1, 0.15) is 5.76 Å². The van der Waals surface area contributed by atoms with Crippen LogP contribution in [0.3, 0.4) is 0 Å². The highest BCUT2D eigenvalue weighted by Crippen LogP contribution is 2.26. The number of carbonyl (C=O) groups is 1. The molecule has 7 heteroatoms. The van der Waals surface area contributed by atoms with Gasteiger partial charge < -0.3 is 9.73 Å². The van der Waals surface area contributed by atoms with E-state index in [1.807, 2.05) is 48.7 Å². The lowest BCUT2D eigenvalue weighted by atomic mass is 10.1. The third-order valence-corrected chi connectivity index (χ3v) is 5.57. The second-order valence-corrected chi connectivity index (χ2v) is 8.17. The molecule has 148 valence electrons. The normalized spacial score (nSPS) is 12.3. The average Bonchev–Trinajstić information content (AvgIpc) is 3.30. The minimum atomic E-state index is -0.00384. The Morgan fingerprint density at radius 3 is 2.71 bits per heavy atom. The number of furan rings is 1. The summed E-state index contributed by atoms with van der Waals surface area (Å²) < 4.78 is 7.51. The fourth-order valence-corrected chi connectivity index (χ4v) is 3.44. The Morgan fingerprint density at radius 2 is 2.04 bits per heavy atom. The molecule has 3 rings (SSSR count). The number of nitrogens with zero attached hydrogens (tertiary/aromatic N) is 3. The van der Waals surface area contributed by atoms with E-state index >= 15 is 0 Å². The van der Waals surface area contributed by atoms with Gasteiger partial charge in [-0.2, -0.15) is 0 Å². The Hall–Kier alpha value is -2.54. The van der Waals surface area contributed by atoms with Gasteiger partial charge in [0.15, 0.2) is 11.0 Å². The summed E-state index contributed by atoms with van der Waals surface area (Å²) in [6, 6.07) is 12.1. The molecule has 2 heterocycles. The topological polar surface area (TPSA) is 73.0 Å². The maximum absolute atomic E-state index is 12.3. The van der Waals surface area contributed by atoms with Crippen LogP contribution in [0, 0.1) is 12.8 Å². The zero-order valence-electron chi connectivity index (χ0n) is 16.7. The third kappa shape index (κ3) is 5.04. The third-order valence-electron chi connectivity index (χ3n) is 4.61. The molecule has 0 bridgehead atoms. The molecule has 0 saturated heterocycles. The van der Waals surface area contributed by atoms with E-state index in [9.17, 15) is 4.79 Å². The highest BCUT2D eigenvalue weighted by Gasteiger charge is 2.18. The van der Waals surface area contributed by atoms with Crippen molar-refractivity contribution >= 4 is 17.7 Å². The van der Waals surface area contributed by atoms with Gasteiger partial charge in [-0.1, -0.05) is 49.4 Å². The maximum Gasteiger partial charge on any atom is 0.230 e. The van der Waals surface area contributed by atoms with Crippen molar-refractivity contribution in [3.63, 3.8) is 0 Å². The monoisotopic (exact) mass is 398 g/mol. The number of rotatable bonds is 8. The molecular weight excluding hydrogens is 372 g/mol. The first-order valence-corrected chi connectivity index (χ1v) is 10.4. The summed E-state index contributed by atoms with van der Waals surface area (Å²) in [5.74, 6) is 2.26. The molecular formula is C21H26N4O2S. The predicted octanol–water partition coefficient (Wildman–Crippen LogP) is 4.15. The lowest BCUT2D eigenvalue weighted by Crippen LogP contribution is -2.37. The lowest BCUT2D eigenvalue weighted by Gasteiger charge is -2.17. The number of hydrogen-bond donors (Lipinski definition) is 1. The van der Waals surface area contributed by atoms with Crippen LogP contribution in [0.4, 0.5) is 0 Å². The number of aromatic nitrogens is 3. The van der Waals surface area contributed by atoms with E-state index in [2.05, 4.69) is 35.4 Å². The van der Waals surface area contributed by atoms with Crippen LogP contribution in [0.2, 0.25) is 0 Å². The number of carbonyl (C=O) groups excluding carboxylic acids is 1. The van der Waals surface area contributed by atoms with Crippen LogP contribution in [0.5, 0.6) is 0 Å². The number of aryl methyl sites for hydroxylation is 1. The Bertz CT molecular complexity index is 918. The summed E-state index contributed by atoms with van der Waals surface area (Å²) in [6.07, 6.45) is 1.65. The zero-order valence-corrected chi connectivity index (χ0v) is 17.5. The fourth-order valence-electron chi connectivity index (χ4n) is 2.69. The smallest absolute Gasteiger partial charge is 0.230 e. The van der Waals surface area contributed by atoms with Crippen molar-refractivity contribution in [3.05, 3.63) is 54.0 Å². The predicted molar refractivity (Wildman–Crippen MR) is 111 cm³/mol. The Balaban J connectivity index is 1.81. The van der Waals surface area contributed by atoms with E-state index in [1.54, 1.807) is 6.26 Å². The molecule has 3 aromatic rings. The van der Waals surface area contributed by atoms with Crippen LogP contribution in [-0.4, -0.2) is 32.5 Å². The number of benzene rings is 1. The van der Waals surface area contributed by atoms with Crippen molar-refractivity contribution in [2.45, 2.75) is 45.4 Å². The summed E-state index contributed by atoms with van der Waals surface area (Å²) >= 11 is 1.39. The van der Waals surface area contributed by atoms with Crippen molar-refractivity contribution in [1.29, 1.82) is 0 Å². The largest absolute Gasteiger partial charge is 0.467 e. The van der Waals surface area contributed by atoms with Gasteiger partial charge in [0.25, 0.3) is 0 Å². The molecule has 1 N–H and O–H groups in total. The maximum atomic E-state index is 12.3. The Labute approximate surface area is 169 Å². The summed E-state index contributed by atoms with van der Waals surface area (Å²) in [5.41, 5.74) is 2.14. The van der Waals surface area contributed by atoms with E-state index < -0.39 is 0 Å². The van der Waals surface area contributed by atoms with Crippen LogP contribution in [0.15, 0.2) is 52.2 Å². The van der Waals surface area contributed by atoms with Gasteiger partial charge in [-0.3, -0.25) is 9.36 Å². The van der Waals surface area contributed by atoms with E-state index in [0.29, 0.717) is 23.4 Å². The summed E-state index contributed by atoms with van der Waals surface area (Å²) in [7, 11) is 0. The summed E-state index contributed by atoms with van der Waals surface area (Å²) in [6.45, 7) is 8.75. The molecule has 2 aromatic heterocycles. The van der Waals surface area contributed by atoms with Crippen molar-refractivity contribution < 1.29 is 9.21 Å². The van der Waals surface area contributed by atoms with Gasteiger partial charge >= 0.3 is 0 Å². The number of thioether (sulfide) groups is 1. The molecule has 0 aliphatic rings. The van der Waals surface area contributed by atoms with E-state index in [0.717, 1.165) is 22.7 Å². The van der Waals surface area contributed by atoms with Crippen LogP contribution in [-0.2, 0) is 11.3 Å². The molecule has 0 radical (unpaired) electrons. The summed E-state index contributed by atoms with van der Waals surface area (Å²) in [4.78, 5) is 12.3. The van der Waals surface area contributed by atoms with E-state index in [-0.39, 0.29) is 11.9 Å². The molecule has 0 aliphatic heterocycles. The molecule has 0 fully saturated rings. The lowest BCUT2D eigenvalue weighted by molar-refractivity contribution is -0.119. The molecule has 1 amide bonds. The standard InChI is InChI=1S/C21H26N4O2S/c1-14(2)16(4)22-19(26)13-28-21-24-23-20(17-8-5-7-15(3)11-17)25(21)12-18-9-6-10-27-18/h5-11,14,16H,12-13H2,1-4H3,(H,22,26). The molecule has 0 aliphatic carbocycles. The molecule has 0 spiro atoms. The van der Waals surface area contributed by atoms with Crippen molar-refractivity contribution in [2.75, 3.05) is 5.75 Å². The molecule has 1 atom stereocenters. The highest BCUT2D eigenvalue weighted by molar-refractivity contribution is 7.99. The second-order valence-electron chi connectivity index (χ2n) is 7.23. The summed E-state index contributed by atoms with van der Waals surface area (Å²) in [5, 5.41) is 12.5.